The van der Waals surface area contributed by atoms with Gasteiger partial charge in [-0.15, -0.1) is 0 Å². The van der Waals surface area contributed by atoms with Crippen LogP contribution in [0.3, 0.4) is 0 Å². The number of likely N-dealkylation sites (tertiary alicyclic amines) is 1. The molecular weight excluding hydrogens is 268 g/mol. The van der Waals surface area contributed by atoms with Crippen molar-refractivity contribution < 1.29 is 14.3 Å². The molecule has 0 radical (unpaired) electrons. The van der Waals surface area contributed by atoms with E-state index in [1.165, 1.54) is 0 Å². The van der Waals surface area contributed by atoms with Crippen molar-refractivity contribution in [2.45, 2.75) is 46.4 Å². The molecule has 1 saturated heterocycles. The van der Waals surface area contributed by atoms with Crippen molar-refractivity contribution in [2.24, 2.45) is 11.8 Å². The minimum atomic E-state index is -0.0634. The third kappa shape index (κ3) is 4.08. The Morgan fingerprint density at radius 1 is 1.48 bits per heavy atom. The number of hydrogen-bond acceptors (Lipinski definition) is 4. The zero-order chi connectivity index (χ0) is 15.4. The molecule has 21 heavy (non-hydrogen) atoms. The van der Waals surface area contributed by atoms with Crippen molar-refractivity contribution in [1.29, 1.82) is 0 Å². The second kappa shape index (κ2) is 7.09. The molecule has 2 atom stereocenters. The fraction of sp³-hybridized carbons (Fsp3) is 0.688. The van der Waals surface area contributed by atoms with Gasteiger partial charge in [0.15, 0.2) is 0 Å². The highest BCUT2D eigenvalue weighted by atomic mass is 16.4. The van der Waals surface area contributed by atoms with Crippen LogP contribution in [-0.2, 0) is 17.9 Å². The molecule has 1 fully saturated rings. The van der Waals surface area contributed by atoms with Crippen LogP contribution >= 0.6 is 0 Å². The fourth-order valence-corrected chi connectivity index (χ4v) is 2.85. The Morgan fingerprint density at radius 3 is 2.76 bits per heavy atom. The smallest absolute Gasteiger partial charge is 0.225 e. The largest absolute Gasteiger partial charge is 0.462 e. The molecule has 118 valence electrons. The van der Waals surface area contributed by atoms with Crippen LogP contribution in [0, 0.1) is 11.8 Å². The molecule has 1 aliphatic rings. The zero-order valence-electron chi connectivity index (χ0n) is 13.1. The van der Waals surface area contributed by atoms with Gasteiger partial charge in [0.1, 0.15) is 18.1 Å². The summed E-state index contributed by atoms with van der Waals surface area (Å²) >= 11 is 0. The van der Waals surface area contributed by atoms with Gasteiger partial charge in [-0.1, -0.05) is 20.8 Å². The van der Waals surface area contributed by atoms with Gasteiger partial charge in [0, 0.05) is 25.0 Å². The molecular formula is C16H26N2O3. The SMILES string of the molecule is CC(C)C(=O)N1CC[C@@H](NCc2ccc(CO)o2)[C@H](C)C1. The Balaban J connectivity index is 1.82. The number of furan rings is 1. The predicted molar refractivity (Wildman–Crippen MR) is 80.5 cm³/mol. The average molecular weight is 294 g/mol. The summed E-state index contributed by atoms with van der Waals surface area (Å²) in [6.07, 6.45) is 0.965. The van der Waals surface area contributed by atoms with Gasteiger partial charge in [0.25, 0.3) is 0 Å². The van der Waals surface area contributed by atoms with Gasteiger partial charge >= 0.3 is 0 Å². The Hall–Kier alpha value is -1.33. The summed E-state index contributed by atoms with van der Waals surface area (Å²) in [5.74, 6) is 2.18. The molecule has 0 aliphatic carbocycles. The van der Waals surface area contributed by atoms with Gasteiger partial charge in [-0.3, -0.25) is 4.79 Å². The molecule has 0 saturated carbocycles. The van der Waals surface area contributed by atoms with Crippen LogP contribution in [0.25, 0.3) is 0 Å². The van der Waals surface area contributed by atoms with E-state index in [1.54, 1.807) is 6.07 Å². The molecule has 0 aromatic carbocycles. The number of rotatable bonds is 5. The van der Waals surface area contributed by atoms with Crippen molar-refractivity contribution in [2.75, 3.05) is 13.1 Å². The highest BCUT2D eigenvalue weighted by Crippen LogP contribution is 2.19. The van der Waals surface area contributed by atoms with Crippen LogP contribution in [0.15, 0.2) is 16.5 Å². The average Bonchev–Trinajstić information content (AvgIpc) is 2.93. The summed E-state index contributed by atoms with van der Waals surface area (Å²) in [6.45, 7) is 8.31. The molecule has 1 aromatic heterocycles. The Labute approximate surface area is 126 Å². The lowest BCUT2D eigenvalue weighted by molar-refractivity contribution is -0.136. The molecule has 1 amide bonds. The number of aliphatic hydroxyl groups is 1. The van der Waals surface area contributed by atoms with Crippen LogP contribution in [-0.4, -0.2) is 35.0 Å². The second-order valence-corrected chi connectivity index (χ2v) is 6.22. The van der Waals surface area contributed by atoms with Crippen LogP contribution < -0.4 is 5.32 Å². The van der Waals surface area contributed by atoms with E-state index < -0.39 is 0 Å². The molecule has 2 rings (SSSR count). The number of carbonyl (C=O) groups excluding carboxylic acids is 1. The predicted octanol–water partition coefficient (Wildman–Crippen LogP) is 1.75. The van der Waals surface area contributed by atoms with E-state index in [4.69, 9.17) is 9.52 Å². The van der Waals surface area contributed by atoms with E-state index in [9.17, 15) is 4.79 Å². The maximum absolute atomic E-state index is 12.0. The number of aliphatic hydroxyl groups excluding tert-OH is 1. The topological polar surface area (TPSA) is 65.7 Å². The molecule has 5 heteroatoms. The molecule has 0 bridgehead atoms. The van der Waals surface area contributed by atoms with Crippen molar-refractivity contribution in [3.05, 3.63) is 23.7 Å². The molecule has 2 N–H and O–H groups in total. The minimum Gasteiger partial charge on any atom is -0.462 e. The number of hydrogen-bond donors (Lipinski definition) is 2. The van der Waals surface area contributed by atoms with Crippen molar-refractivity contribution in [3.8, 4) is 0 Å². The summed E-state index contributed by atoms with van der Waals surface area (Å²) in [4.78, 5) is 14.0. The van der Waals surface area contributed by atoms with Gasteiger partial charge in [0.05, 0.1) is 6.54 Å². The normalized spacial score (nSPS) is 22.8. The Kier molecular flexibility index (Phi) is 5.42. The quantitative estimate of drug-likeness (QED) is 0.868. The van der Waals surface area contributed by atoms with Gasteiger partial charge in [-0.05, 0) is 24.5 Å². The first kappa shape index (κ1) is 16.0. The van der Waals surface area contributed by atoms with Crippen molar-refractivity contribution >= 4 is 5.91 Å². The lowest BCUT2D eigenvalue weighted by Gasteiger charge is -2.38. The molecule has 5 nitrogen and oxygen atoms in total. The van der Waals surface area contributed by atoms with E-state index in [1.807, 2.05) is 24.8 Å². The van der Waals surface area contributed by atoms with Gasteiger partial charge in [-0.2, -0.15) is 0 Å². The fourth-order valence-electron chi connectivity index (χ4n) is 2.85. The summed E-state index contributed by atoms with van der Waals surface area (Å²) in [7, 11) is 0. The maximum Gasteiger partial charge on any atom is 0.225 e. The van der Waals surface area contributed by atoms with Gasteiger partial charge < -0.3 is 19.7 Å². The summed E-state index contributed by atoms with van der Waals surface area (Å²) < 4.78 is 5.47. The van der Waals surface area contributed by atoms with Crippen molar-refractivity contribution in [1.82, 2.24) is 10.2 Å². The maximum atomic E-state index is 12.0. The first-order valence-electron chi connectivity index (χ1n) is 7.72. The summed E-state index contributed by atoms with van der Waals surface area (Å²) in [5.41, 5.74) is 0. The van der Waals surface area contributed by atoms with E-state index in [2.05, 4.69) is 12.2 Å². The van der Waals surface area contributed by atoms with Crippen LogP contribution in [0.5, 0.6) is 0 Å². The molecule has 0 unspecified atom stereocenters. The van der Waals surface area contributed by atoms with E-state index in [-0.39, 0.29) is 18.4 Å². The standard InChI is InChI=1S/C16H26N2O3/c1-11(2)16(20)18-7-6-15(12(3)9-18)17-8-13-4-5-14(10-19)21-13/h4-5,11-12,15,17,19H,6-10H2,1-3H3/t12-,15-/m1/s1. The van der Waals surface area contributed by atoms with Crippen molar-refractivity contribution in [3.63, 3.8) is 0 Å². The number of nitrogens with one attached hydrogen (secondary N) is 1. The third-order valence-corrected chi connectivity index (χ3v) is 4.12. The highest BCUT2D eigenvalue weighted by Gasteiger charge is 2.29. The van der Waals surface area contributed by atoms with E-state index in [0.717, 1.165) is 25.3 Å². The third-order valence-electron chi connectivity index (χ3n) is 4.12. The number of carbonyl (C=O) groups is 1. The lowest BCUT2D eigenvalue weighted by atomic mass is 9.93. The molecule has 2 heterocycles. The Morgan fingerprint density at radius 2 is 2.19 bits per heavy atom. The van der Waals surface area contributed by atoms with Crippen LogP contribution in [0.4, 0.5) is 0 Å². The molecule has 1 aliphatic heterocycles. The minimum absolute atomic E-state index is 0.0634. The zero-order valence-corrected chi connectivity index (χ0v) is 13.1. The second-order valence-electron chi connectivity index (χ2n) is 6.22. The number of nitrogens with zero attached hydrogens (tertiary/aromatic N) is 1. The van der Waals surface area contributed by atoms with E-state index in [0.29, 0.717) is 24.3 Å². The van der Waals surface area contributed by atoms with Crippen LogP contribution in [0.1, 0.15) is 38.7 Å². The van der Waals surface area contributed by atoms with Gasteiger partial charge in [0.2, 0.25) is 5.91 Å². The van der Waals surface area contributed by atoms with E-state index >= 15 is 0 Å². The van der Waals surface area contributed by atoms with Gasteiger partial charge in [-0.25, -0.2) is 0 Å². The lowest BCUT2D eigenvalue weighted by Crippen LogP contribution is -2.50. The summed E-state index contributed by atoms with van der Waals surface area (Å²) in [5, 5.41) is 12.5. The van der Waals surface area contributed by atoms with Crippen LogP contribution in [0.2, 0.25) is 0 Å². The first-order valence-corrected chi connectivity index (χ1v) is 7.72. The summed E-state index contributed by atoms with van der Waals surface area (Å²) in [6, 6.07) is 4.08. The number of piperidine rings is 1. The first-order chi connectivity index (χ1) is 10.0. The number of amides is 1. The molecule has 0 spiro atoms. The Bertz CT molecular complexity index is 470. The molecule has 1 aromatic rings. The monoisotopic (exact) mass is 294 g/mol. The highest BCUT2D eigenvalue weighted by molar-refractivity contribution is 5.78.